The third-order valence-electron chi connectivity index (χ3n) is 2.57. The molecule has 0 heterocycles. The van der Waals surface area contributed by atoms with E-state index in [0.29, 0.717) is 12.3 Å². The molecule has 0 aromatic rings. The van der Waals surface area contributed by atoms with Crippen molar-refractivity contribution in [1.82, 2.24) is 0 Å². The predicted octanol–water partition coefficient (Wildman–Crippen LogP) is 2.94. The highest BCUT2D eigenvalue weighted by Crippen LogP contribution is 2.27. The van der Waals surface area contributed by atoms with Crippen LogP contribution in [0.5, 0.6) is 0 Å². The van der Waals surface area contributed by atoms with E-state index in [4.69, 9.17) is 0 Å². The monoisotopic (exact) mass is 153 g/mol. The zero-order chi connectivity index (χ0) is 8.10. The van der Waals surface area contributed by atoms with Gasteiger partial charge >= 0.3 is 0 Å². The minimum Gasteiger partial charge on any atom is -0.232 e. The molecule has 1 saturated carbocycles. The van der Waals surface area contributed by atoms with Crippen LogP contribution in [0.4, 0.5) is 0 Å². The molecule has 1 fully saturated rings. The van der Waals surface area contributed by atoms with Gasteiger partial charge in [-0.05, 0) is 25.2 Å². The molecule has 0 saturated heterocycles. The van der Waals surface area contributed by atoms with Crippen LogP contribution in [-0.4, -0.2) is 6.10 Å². The average molecular weight is 153 g/mol. The summed E-state index contributed by atoms with van der Waals surface area (Å²) in [6.07, 6.45) is 8.21. The van der Waals surface area contributed by atoms with E-state index in [2.05, 4.69) is 6.58 Å². The Labute approximate surface area is 69.1 Å². The van der Waals surface area contributed by atoms with Gasteiger partial charge in [0.2, 0.25) is 0 Å². The fourth-order valence-electron chi connectivity index (χ4n) is 1.86. The zero-order valence-electron chi connectivity index (χ0n) is 7.09. The van der Waals surface area contributed by atoms with Gasteiger partial charge in [0.1, 0.15) is 0 Å². The highest BCUT2D eigenvalue weighted by atomic mass is 16.3. The van der Waals surface area contributed by atoms with Crippen molar-refractivity contribution in [3.8, 4) is 0 Å². The molecule has 1 heteroatoms. The normalized spacial score (nSPS) is 23.0. The Morgan fingerprint density at radius 2 is 2.00 bits per heavy atom. The summed E-state index contributed by atoms with van der Waals surface area (Å²) in [5.74, 6) is 0.446. The summed E-state index contributed by atoms with van der Waals surface area (Å²) in [5.41, 5.74) is 0. The molecule has 0 aromatic heterocycles. The van der Waals surface area contributed by atoms with Crippen molar-refractivity contribution in [2.75, 3.05) is 0 Å². The first-order valence-corrected chi connectivity index (χ1v) is 4.61. The van der Waals surface area contributed by atoms with E-state index in [1.165, 1.54) is 19.3 Å². The SMILES string of the molecule is C=CC[C@H]([O])C1CCCCC1. The van der Waals surface area contributed by atoms with Crippen LogP contribution in [0.25, 0.3) is 0 Å². The van der Waals surface area contributed by atoms with E-state index in [0.717, 1.165) is 12.8 Å². The Hall–Kier alpha value is -0.300. The average Bonchev–Trinajstić information content (AvgIpc) is 2.07. The van der Waals surface area contributed by atoms with Crippen LogP contribution in [0.2, 0.25) is 0 Å². The molecule has 0 unspecified atom stereocenters. The van der Waals surface area contributed by atoms with Gasteiger partial charge in [-0.25, -0.2) is 5.11 Å². The summed E-state index contributed by atoms with van der Waals surface area (Å²) in [5, 5.41) is 11.4. The minimum atomic E-state index is -0.368. The van der Waals surface area contributed by atoms with Gasteiger partial charge in [0, 0.05) is 0 Å². The van der Waals surface area contributed by atoms with Crippen LogP contribution < -0.4 is 0 Å². The van der Waals surface area contributed by atoms with Crippen LogP contribution in [0, 0.1) is 5.92 Å². The van der Waals surface area contributed by atoms with Crippen LogP contribution in [-0.2, 0) is 5.11 Å². The summed E-state index contributed by atoms with van der Waals surface area (Å²) in [6.45, 7) is 3.60. The van der Waals surface area contributed by atoms with Crippen LogP contribution >= 0.6 is 0 Å². The van der Waals surface area contributed by atoms with Gasteiger partial charge in [0.15, 0.2) is 0 Å². The Bertz CT molecular complexity index is 114. The lowest BCUT2D eigenvalue weighted by atomic mass is 9.84. The third-order valence-corrected chi connectivity index (χ3v) is 2.57. The molecule has 0 bridgehead atoms. The lowest BCUT2D eigenvalue weighted by Gasteiger charge is -2.24. The van der Waals surface area contributed by atoms with Crippen LogP contribution in [0.1, 0.15) is 38.5 Å². The van der Waals surface area contributed by atoms with Gasteiger partial charge in [0.05, 0.1) is 6.10 Å². The van der Waals surface area contributed by atoms with Gasteiger partial charge in [0.25, 0.3) is 0 Å². The molecule has 1 radical (unpaired) electrons. The van der Waals surface area contributed by atoms with Crippen LogP contribution in [0.15, 0.2) is 12.7 Å². The Balaban J connectivity index is 2.26. The van der Waals surface area contributed by atoms with Crippen molar-refractivity contribution < 1.29 is 5.11 Å². The van der Waals surface area contributed by atoms with Gasteiger partial charge in [-0.15, -0.1) is 6.58 Å². The molecule has 1 aliphatic rings. The van der Waals surface area contributed by atoms with E-state index in [1.54, 1.807) is 6.08 Å². The Morgan fingerprint density at radius 1 is 1.36 bits per heavy atom. The second-order valence-electron chi connectivity index (χ2n) is 3.46. The predicted molar refractivity (Wildman–Crippen MR) is 45.9 cm³/mol. The molecule has 0 amide bonds. The highest BCUT2D eigenvalue weighted by molar-refractivity contribution is 4.79. The minimum absolute atomic E-state index is 0.368. The molecule has 1 nitrogen and oxygen atoms in total. The fourth-order valence-corrected chi connectivity index (χ4v) is 1.86. The van der Waals surface area contributed by atoms with Gasteiger partial charge in [-0.1, -0.05) is 25.3 Å². The molecule has 0 aromatic carbocycles. The lowest BCUT2D eigenvalue weighted by Crippen LogP contribution is -2.20. The first-order valence-electron chi connectivity index (χ1n) is 4.61. The standard InChI is InChI=1S/C10H17O/c1-2-6-10(11)9-7-4-3-5-8-9/h2,9-10H,1,3-8H2/t10-/m0/s1. The smallest absolute Gasteiger partial charge is 0.0992 e. The first kappa shape index (κ1) is 8.79. The molecule has 1 rings (SSSR count). The van der Waals surface area contributed by atoms with Crippen molar-refractivity contribution in [1.29, 1.82) is 0 Å². The molecular weight excluding hydrogens is 136 g/mol. The summed E-state index contributed by atoms with van der Waals surface area (Å²) in [7, 11) is 0. The largest absolute Gasteiger partial charge is 0.232 e. The van der Waals surface area contributed by atoms with E-state index in [1.807, 2.05) is 0 Å². The van der Waals surface area contributed by atoms with Crippen molar-refractivity contribution in [2.45, 2.75) is 44.6 Å². The van der Waals surface area contributed by atoms with Crippen molar-refractivity contribution in [2.24, 2.45) is 5.92 Å². The summed E-state index contributed by atoms with van der Waals surface area (Å²) in [4.78, 5) is 0. The van der Waals surface area contributed by atoms with Gasteiger partial charge < -0.3 is 0 Å². The third kappa shape index (κ3) is 2.66. The topological polar surface area (TPSA) is 19.9 Å². The van der Waals surface area contributed by atoms with Crippen molar-refractivity contribution in [3.05, 3.63) is 12.7 Å². The molecule has 1 aliphatic carbocycles. The number of hydrogen-bond donors (Lipinski definition) is 0. The van der Waals surface area contributed by atoms with Crippen molar-refractivity contribution >= 4 is 0 Å². The first-order chi connectivity index (χ1) is 5.34. The van der Waals surface area contributed by atoms with E-state index >= 15 is 0 Å². The van der Waals surface area contributed by atoms with E-state index in [-0.39, 0.29) is 6.10 Å². The molecule has 1 atom stereocenters. The molecule has 0 aliphatic heterocycles. The fraction of sp³-hybridized carbons (Fsp3) is 0.800. The quantitative estimate of drug-likeness (QED) is 0.555. The maximum atomic E-state index is 11.4. The maximum absolute atomic E-state index is 11.4. The lowest BCUT2D eigenvalue weighted by molar-refractivity contribution is 0.0239. The molecule has 11 heavy (non-hydrogen) atoms. The zero-order valence-corrected chi connectivity index (χ0v) is 7.09. The second kappa shape index (κ2) is 4.55. The van der Waals surface area contributed by atoms with E-state index < -0.39 is 0 Å². The van der Waals surface area contributed by atoms with E-state index in [9.17, 15) is 5.11 Å². The summed E-state index contributed by atoms with van der Waals surface area (Å²) in [6, 6.07) is 0. The Kier molecular flexibility index (Phi) is 3.64. The Morgan fingerprint density at radius 3 is 2.55 bits per heavy atom. The summed E-state index contributed by atoms with van der Waals surface area (Å²) >= 11 is 0. The van der Waals surface area contributed by atoms with Crippen LogP contribution in [0.3, 0.4) is 0 Å². The molecular formula is C10H17O. The maximum Gasteiger partial charge on any atom is 0.0992 e. The molecule has 63 valence electrons. The molecule has 0 N–H and O–H groups in total. The summed E-state index contributed by atoms with van der Waals surface area (Å²) < 4.78 is 0. The second-order valence-corrected chi connectivity index (χ2v) is 3.46. The molecule has 0 spiro atoms. The van der Waals surface area contributed by atoms with Crippen molar-refractivity contribution in [3.63, 3.8) is 0 Å². The number of rotatable bonds is 3. The van der Waals surface area contributed by atoms with Gasteiger partial charge in [-0.2, -0.15) is 0 Å². The highest BCUT2D eigenvalue weighted by Gasteiger charge is 2.21. The number of hydrogen-bond acceptors (Lipinski definition) is 0. The van der Waals surface area contributed by atoms with Gasteiger partial charge in [-0.3, -0.25) is 0 Å².